The average Bonchev–Trinajstić information content (AvgIpc) is 2.38. The molecule has 1 aromatic carbocycles. The van der Waals surface area contributed by atoms with Gasteiger partial charge >= 0.3 is 0 Å². The minimum Gasteiger partial charge on any atom is -0.497 e. The number of rotatable bonds is 3. The van der Waals surface area contributed by atoms with Gasteiger partial charge in [-0.25, -0.2) is 4.98 Å². The topological polar surface area (TPSA) is 68.4 Å². The molecule has 4 nitrogen and oxygen atoms in total. The zero-order valence-corrected chi connectivity index (χ0v) is 11.3. The van der Waals surface area contributed by atoms with E-state index in [0.717, 1.165) is 11.1 Å². The van der Waals surface area contributed by atoms with Crippen LogP contribution in [0.25, 0.3) is 0 Å². The molecule has 4 heteroatoms. The lowest BCUT2D eigenvalue weighted by Gasteiger charge is -2.27. The molecule has 0 saturated heterocycles. The van der Waals surface area contributed by atoms with E-state index >= 15 is 0 Å². The van der Waals surface area contributed by atoms with Crippen LogP contribution >= 0.6 is 0 Å². The van der Waals surface area contributed by atoms with Gasteiger partial charge in [0.05, 0.1) is 7.11 Å². The Hall–Kier alpha value is -2.07. The molecule has 0 saturated carbocycles. The van der Waals surface area contributed by atoms with Crippen LogP contribution in [0.15, 0.2) is 36.5 Å². The molecule has 0 bridgehead atoms. The summed E-state index contributed by atoms with van der Waals surface area (Å²) in [6.07, 6.45) is 1.63. The number of aliphatic hydroxyl groups is 1. The molecule has 0 radical (unpaired) electrons. The second-order valence-electron chi connectivity index (χ2n) is 4.69. The zero-order valence-electron chi connectivity index (χ0n) is 11.3. The van der Waals surface area contributed by atoms with E-state index in [2.05, 4.69) is 4.98 Å². The maximum Gasteiger partial charge on any atom is 0.130 e. The first kappa shape index (κ1) is 13.4. The van der Waals surface area contributed by atoms with E-state index in [0.29, 0.717) is 17.1 Å². The zero-order chi connectivity index (χ0) is 14.0. The summed E-state index contributed by atoms with van der Waals surface area (Å²) < 4.78 is 5.19. The van der Waals surface area contributed by atoms with E-state index in [1.54, 1.807) is 26.3 Å². The summed E-state index contributed by atoms with van der Waals surface area (Å²) in [5.74, 6) is 1.03. The van der Waals surface area contributed by atoms with Crippen LogP contribution in [-0.2, 0) is 5.60 Å². The lowest BCUT2D eigenvalue weighted by Crippen LogP contribution is -2.26. The number of hydrogen-bond donors (Lipinski definition) is 2. The molecule has 19 heavy (non-hydrogen) atoms. The Morgan fingerprint density at radius 1 is 1.32 bits per heavy atom. The Morgan fingerprint density at radius 2 is 2.05 bits per heavy atom. The maximum atomic E-state index is 10.9. The van der Waals surface area contributed by atoms with Crippen LogP contribution < -0.4 is 10.5 Å². The van der Waals surface area contributed by atoms with Crippen molar-refractivity contribution in [2.75, 3.05) is 12.8 Å². The van der Waals surface area contributed by atoms with Crippen molar-refractivity contribution >= 4 is 5.82 Å². The average molecular weight is 258 g/mol. The quantitative estimate of drug-likeness (QED) is 0.886. The van der Waals surface area contributed by atoms with E-state index in [-0.39, 0.29) is 0 Å². The second-order valence-corrected chi connectivity index (χ2v) is 4.69. The molecular weight excluding hydrogens is 240 g/mol. The van der Waals surface area contributed by atoms with Gasteiger partial charge in [0.1, 0.15) is 17.2 Å². The fraction of sp³-hybridized carbons (Fsp3) is 0.267. The standard InChI is InChI=1S/C15H18N2O2/c1-10-7-8-17-14(16)13(10)15(2,18)11-5-4-6-12(9-11)19-3/h4-9,18H,1-3H3,(H2,16,17). The highest BCUT2D eigenvalue weighted by Gasteiger charge is 2.30. The van der Waals surface area contributed by atoms with Gasteiger partial charge in [0.15, 0.2) is 0 Å². The number of nitrogen functional groups attached to an aromatic ring is 1. The smallest absolute Gasteiger partial charge is 0.130 e. The number of aryl methyl sites for hydroxylation is 1. The molecule has 0 aliphatic rings. The Kier molecular flexibility index (Phi) is 3.44. The molecule has 0 aliphatic heterocycles. The number of hydrogen-bond acceptors (Lipinski definition) is 4. The first-order chi connectivity index (χ1) is 8.96. The van der Waals surface area contributed by atoms with Crippen LogP contribution in [0.5, 0.6) is 5.75 Å². The number of ether oxygens (including phenoxy) is 1. The number of anilines is 1. The Balaban J connectivity index is 2.58. The predicted octanol–water partition coefficient (Wildman–Crippen LogP) is 2.24. The summed E-state index contributed by atoms with van der Waals surface area (Å²) in [7, 11) is 1.59. The van der Waals surface area contributed by atoms with Crippen molar-refractivity contribution in [3.63, 3.8) is 0 Å². The fourth-order valence-corrected chi connectivity index (χ4v) is 2.28. The number of nitrogens with zero attached hydrogens (tertiary/aromatic N) is 1. The highest BCUT2D eigenvalue weighted by molar-refractivity contribution is 5.52. The highest BCUT2D eigenvalue weighted by Crippen LogP contribution is 2.35. The summed E-state index contributed by atoms with van der Waals surface area (Å²) in [6.45, 7) is 3.62. The molecule has 1 atom stereocenters. The second kappa shape index (κ2) is 4.90. The fourth-order valence-electron chi connectivity index (χ4n) is 2.28. The molecule has 2 rings (SSSR count). The van der Waals surface area contributed by atoms with Crippen molar-refractivity contribution in [2.24, 2.45) is 0 Å². The van der Waals surface area contributed by atoms with Gasteiger partial charge in [-0.15, -0.1) is 0 Å². The lowest BCUT2D eigenvalue weighted by atomic mass is 9.86. The lowest BCUT2D eigenvalue weighted by molar-refractivity contribution is 0.102. The summed E-state index contributed by atoms with van der Waals surface area (Å²) >= 11 is 0. The maximum absolute atomic E-state index is 10.9. The van der Waals surface area contributed by atoms with Crippen molar-refractivity contribution in [1.29, 1.82) is 0 Å². The minimum absolute atomic E-state index is 0.341. The highest BCUT2D eigenvalue weighted by atomic mass is 16.5. The molecule has 0 amide bonds. The number of pyridine rings is 1. The van der Waals surface area contributed by atoms with Crippen molar-refractivity contribution in [3.05, 3.63) is 53.2 Å². The van der Waals surface area contributed by atoms with Gasteiger partial charge in [-0.3, -0.25) is 0 Å². The molecule has 0 aliphatic carbocycles. The van der Waals surface area contributed by atoms with E-state index < -0.39 is 5.60 Å². The van der Waals surface area contributed by atoms with Gasteiger partial charge in [0, 0.05) is 11.8 Å². The van der Waals surface area contributed by atoms with Gasteiger partial charge in [-0.1, -0.05) is 12.1 Å². The van der Waals surface area contributed by atoms with E-state index in [1.165, 1.54) is 0 Å². The third kappa shape index (κ3) is 2.39. The minimum atomic E-state index is -1.21. The van der Waals surface area contributed by atoms with Crippen LogP contribution in [0, 0.1) is 6.92 Å². The molecule has 2 aromatic rings. The molecule has 1 aromatic heterocycles. The Morgan fingerprint density at radius 3 is 2.68 bits per heavy atom. The first-order valence-electron chi connectivity index (χ1n) is 6.05. The molecule has 1 unspecified atom stereocenters. The van der Waals surface area contributed by atoms with Crippen molar-refractivity contribution in [3.8, 4) is 5.75 Å². The van der Waals surface area contributed by atoms with Crippen LogP contribution in [0.2, 0.25) is 0 Å². The number of aromatic nitrogens is 1. The Labute approximate surface area is 112 Å². The van der Waals surface area contributed by atoms with Crippen molar-refractivity contribution in [1.82, 2.24) is 4.98 Å². The van der Waals surface area contributed by atoms with Crippen LogP contribution in [0.4, 0.5) is 5.82 Å². The molecule has 1 heterocycles. The molecule has 0 spiro atoms. The summed E-state index contributed by atoms with van der Waals surface area (Å²) in [5.41, 5.74) is 6.95. The van der Waals surface area contributed by atoms with Crippen molar-refractivity contribution < 1.29 is 9.84 Å². The van der Waals surface area contributed by atoms with Gasteiger partial charge < -0.3 is 15.6 Å². The van der Waals surface area contributed by atoms with E-state index in [1.807, 2.05) is 31.2 Å². The Bertz CT molecular complexity index is 574. The van der Waals surface area contributed by atoms with E-state index in [9.17, 15) is 5.11 Å². The number of methoxy groups -OCH3 is 1. The van der Waals surface area contributed by atoms with Gasteiger partial charge in [0.25, 0.3) is 0 Å². The van der Waals surface area contributed by atoms with Crippen LogP contribution in [0.3, 0.4) is 0 Å². The molecule has 0 fully saturated rings. The van der Waals surface area contributed by atoms with E-state index in [4.69, 9.17) is 10.5 Å². The van der Waals surface area contributed by atoms with Gasteiger partial charge in [0.2, 0.25) is 0 Å². The first-order valence-corrected chi connectivity index (χ1v) is 6.05. The van der Waals surface area contributed by atoms with Crippen LogP contribution in [-0.4, -0.2) is 17.2 Å². The third-order valence-corrected chi connectivity index (χ3v) is 3.31. The van der Waals surface area contributed by atoms with Gasteiger partial charge in [-0.2, -0.15) is 0 Å². The normalized spacial score (nSPS) is 13.9. The summed E-state index contributed by atoms with van der Waals surface area (Å²) in [4.78, 5) is 4.06. The van der Waals surface area contributed by atoms with Crippen LogP contribution in [0.1, 0.15) is 23.6 Å². The SMILES string of the molecule is COc1cccc(C(C)(O)c2c(C)ccnc2N)c1. The molecule has 100 valence electrons. The largest absolute Gasteiger partial charge is 0.497 e. The van der Waals surface area contributed by atoms with Crippen molar-refractivity contribution in [2.45, 2.75) is 19.4 Å². The molecule has 3 N–H and O–H groups in total. The predicted molar refractivity (Wildman–Crippen MR) is 75.1 cm³/mol. The summed E-state index contributed by atoms with van der Waals surface area (Å²) in [6, 6.07) is 9.14. The summed E-state index contributed by atoms with van der Waals surface area (Å²) in [5, 5.41) is 10.9. The van der Waals surface area contributed by atoms with Gasteiger partial charge in [-0.05, 0) is 43.2 Å². The molecular formula is C15H18N2O2. The number of nitrogens with two attached hydrogens (primary N) is 1. The number of benzene rings is 1. The third-order valence-electron chi connectivity index (χ3n) is 3.31. The monoisotopic (exact) mass is 258 g/mol.